The molecule has 0 aliphatic rings. The zero-order chi connectivity index (χ0) is 18.6. The Morgan fingerprint density at radius 1 is 1.12 bits per heavy atom. The molecule has 25 heavy (non-hydrogen) atoms. The second-order valence-electron chi connectivity index (χ2n) is 7.22. The van der Waals surface area contributed by atoms with Gasteiger partial charge in [-0.3, -0.25) is 4.79 Å². The molecule has 0 bridgehead atoms. The second kappa shape index (κ2) is 8.19. The molecule has 1 heterocycles. The van der Waals surface area contributed by atoms with Crippen LogP contribution in [0, 0.1) is 11.8 Å². The Balaban J connectivity index is 2.34. The monoisotopic (exact) mass is 345 g/mol. The van der Waals surface area contributed by atoms with Crippen LogP contribution < -0.4 is 10.4 Å². The first-order valence-electron chi connectivity index (χ1n) is 8.68. The second-order valence-corrected chi connectivity index (χ2v) is 7.22. The number of rotatable bonds is 7. The number of amides is 1. The average Bonchev–Trinajstić information content (AvgIpc) is 2.52. The van der Waals surface area contributed by atoms with Gasteiger partial charge in [-0.05, 0) is 29.5 Å². The van der Waals surface area contributed by atoms with Crippen molar-refractivity contribution in [3.8, 4) is 5.75 Å². The van der Waals surface area contributed by atoms with Crippen LogP contribution in [-0.4, -0.2) is 31.0 Å². The van der Waals surface area contributed by atoms with Crippen molar-refractivity contribution in [1.82, 2.24) is 4.90 Å². The minimum Gasteiger partial charge on any atom is -0.497 e. The number of benzene rings is 1. The van der Waals surface area contributed by atoms with E-state index in [0.29, 0.717) is 41.8 Å². The van der Waals surface area contributed by atoms with E-state index in [9.17, 15) is 9.59 Å². The predicted octanol–water partition coefficient (Wildman–Crippen LogP) is 3.48. The molecule has 1 aromatic heterocycles. The maximum absolute atomic E-state index is 12.8. The third-order valence-corrected chi connectivity index (χ3v) is 3.90. The quantitative estimate of drug-likeness (QED) is 0.721. The van der Waals surface area contributed by atoms with Crippen LogP contribution in [0.25, 0.3) is 11.0 Å². The van der Waals surface area contributed by atoms with Crippen LogP contribution >= 0.6 is 0 Å². The molecule has 5 heteroatoms. The van der Waals surface area contributed by atoms with E-state index in [-0.39, 0.29) is 12.3 Å². The van der Waals surface area contributed by atoms with Gasteiger partial charge in [-0.1, -0.05) is 27.7 Å². The molecule has 0 radical (unpaired) electrons. The number of carbonyl (C=O) groups is 1. The summed E-state index contributed by atoms with van der Waals surface area (Å²) in [5.74, 6) is 1.43. The molecule has 0 N–H and O–H groups in total. The number of fused-ring (bicyclic) bond motifs is 1. The molecule has 136 valence electrons. The van der Waals surface area contributed by atoms with Gasteiger partial charge in [0.05, 0.1) is 13.5 Å². The molecule has 0 fully saturated rings. The zero-order valence-corrected chi connectivity index (χ0v) is 15.7. The molecular formula is C20H27NO4. The smallest absolute Gasteiger partial charge is 0.336 e. The third kappa shape index (κ3) is 5.08. The van der Waals surface area contributed by atoms with Crippen molar-refractivity contribution in [3.63, 3.8) is 0 Å². The minimum absolute atomic E-state index is 0.0325. The molecule has 5 nitrogen and oxygen atoms in total. The summed E-state index contributed by atoms with van der Waals surface area (Å²) in [4.78, 5) is 26.6. The Bertz CT molecular complexity index is 782. The highest BCUT2D eigenvalue weighted by molar-refractivity contribution is 5.87. The molecule has 0 saturated heterocycles. The van der Waals surface area contributed by atoms with Crippen LogP contribution in [0.5, 0.6) is 5.75 Å². The molecule has 1 aromatic carbocycles. The SMILES string of the molecule is COc1ccc2c(CC(=O)N(CC(C)C)CC(C)C)cc(=O)oc2c1. The van der Waals surface area contributed by atoms with Crippen LogP contribution in [-0.2, 0) is 11.2 Å². The van der Waals surface area contributed by atoms with Gasteiger partial charge >= 0.3 is 5.63 Å². The van der Waals surface area contributed by atoms with E-state index in [1.807, 2.05) is 11.0 Å². The highest BCUT2D eigenvalue weighted by Crippen LogP contribution is 2.23. The van der Waals surface area contributed by atoms with Crippen LogP contribution in [0.1, 0.15) is 33.3 Å². The summed E-state index contributed by atoms with van der Waals surface area (Å²) >= 11 is 0. The fourth-order valence-electron chi connectivity index (χ4n) is 2.92. The fourth-order valence-corrected chi connectivity index (χ4v) is 2.92. The summed E-state index contributed by atoms with van der Waals surface area (Å²) in [5, 5.41) is 0.766. The lowest BCUT2D eigenvalue weighted by Crippen LogP contribution is -2.38. The lowest BCUT2D eigenvalue weighted by atomic mass is 10.0. The maximum atomic E-state index is 12.8. The van der Waals surface area contributed by atoms with Gasteiger partial charge in [0.2, 0.25) is 5.91 Å². The minimum atomic E-state index is -0.456. The molecule has 0 aliphatic carbocycles. The van der Waals surface area contributed by atoms with Crippen LogP contribution in [0.15, 0.2) is 33.5 Å². The highest BCUT2D eigenvalue weighted by Gasteiger charge is 2.18. The molecule has 1 amide bonds. The van der Waals surface area contributed by atoms with Crippen molar-refractivity contribution in [2.24, 2.45) is 11.8 Å². The summed E-state index contributed by atoms with van der Waals surface area (Å²) in [6.45, 7) is 9.81. The van der Waals surface area contributed by atoms with Crippen molar-refractivity contribution >= 4 is 16.9 Å². The van der Waals surface area contributed by atoms with Crippen LogP contribution in [0.4, 0.5) is 0 Å². The molecule has 2 aromatic rings. The summed E-state index contributed by atoms with van der Waals surface area (Å²) in [6.07, 6.45) is 0.188. The number of ether oxygens (including phenoxy) is 1. The van der Waals surface area contributed by atoms with E-state index in [2.05, 4.69) is 27.7 Å². The van der Waals surface area contributed by atoms with E-state index in [4.69, 9.17) is 9.15 Å². The molecule has 0 spiro atoms. The lowest BCUT2D eigenvalue weighted by molar-refractivity contribution is -0.131. The summed E-state index contributed by atoms with van der Waals surface area (Å²) in [6, 6.07) is 6.71. The van der Waals surface area contributed by atoms with E-state index < -0.39 is 5.63 Å². The molecule has 0 saturated carbocycles. The lowest BCUT2D eigenvalue weighted by Gasteiger charge is -2.26. The van der Waals surface area contributed by atoms with Crippen molar-refractivity contribution in [2.45, 2.75) is 34.1 Å². The van der Waals surface area contributed by atoms with Crippen LogP contribution in [0.3, 0.4) is 0 Å². The molecule has 0 atom stereocenters. The number of hydrogen-bond donors (Lipinski definition) is 0. The van der Waals surface area contributed by atoms with Gasteiger partial charge < -0.3 is 14.1 Å². The van der Waals surface area contributed by atoms with Gasteiger partial charge in [0.15, 0.2) is 0 Å². The third-order valence-electron chi connectivity index (χ3n) is 3.90. The Kier molecular flexibility index (Phi) is 6.23. The maximum Gasteiger partial charge on any atom is 0.336 e. The fraction of sp³-hybridized carbons (Fsp3) is 0.500. The number of carbonyl (C=O) groups excluding carboxylic acids is 1. The van der Waals surface area contributed by atoms with Crippen molar-refractivity contribution in [3.05, 3.63) is 40.2 Å². The van der Waals surface area contributed by atoms with E-state index in [0.717, 1.165) is 5.39 Å². The van der Waals surface area contributed by atoms with Gasteiger partial charge in [0.25, 0.3) is 0 Å². The molecule has 2 rings (SSSR count). The van der Waals surface area contributed by atoms with Gasteiger partial charge in [-0.25, -0.2) is 4.79 Å². The molecule has 0 aliphatic heterocycles. The van der Waals surface area contributed by atoms with Crippen molar-refractivity contribution < 1.29 is 13.9 Å². The molecular weight excluding hydrogens is 318 g/mol. The van der Waals surface area contributed by atoms with Gasteiger partial charge in [-0.2, -0.15) is 0 Å². The van der Waals surface area contributed by atoms with Gasteiger partial charge in [0.1, 0.15) is 11.3 Å². The highest BCUT2D eigenvalue weighted by atomic mass is 16.5. The van der Waals surface area contributed by atoms with Crippen LogP contribution in [0.2, 0.25) is 0 Å². The topological polar surface area (TPSA) is 59.8 Å². The average molecular weight is 345 g/mol. The zero-order valence-electron chi connectivity index (χ0n) is 15.7. The first-order chi connectivity index (χ1) is 11.8. The number of hydrogen-bond acceptors (Lipinski definition) is 4. The predicted molar refractivity (Wildman–Crippen MR) is 99.0 cm³/mol. The van der Waals surface area contributed by atoms with E-state index in [1.165, 1.54) is 6.07 Å². The first kappa shape index (κ1) is 19.0. The Hall–Kier alpha value is -2.30. The molecule has 0 unspecified atom stereocenters. The first-order valence-corrected chi connectivity index (χ1v) is 8.68. The van der Waals surface area contributed by atoms with E-state index >= 15 is 0 Å². The van der Waals surface area contributed by atoms with Gasteiger partial charge in [0, 0.05) is 30.6 Å². The summed E-state index contributed by atoms with van der Waals surface area (Å²) in [5.41, 5.74) is 0.674. The van der Waals surface area contributed by atoms with Gasteiger partial charge in [-0.15, -0.1) is 0 Å². The normalized spacial score (nSPS) is 11.3. The van der Waals surface area contributed by atoms with E-state index in [1.54, 1.807) is 19.2 Å². The summed E-state index contributed by atoms with van der Waals surface area (Å²) < 4.78 is 10.4. The number of nitrogens with zero attached hydrogens (tertiary/aromatic N) is 1. The Labute approximate surface area is 148 Å². The van der Waals surface area contributed by atoms with Crippen molar-refractivity contribution in [1.29, 1.82) is 0 Å². The largest absolute Gasteiger partial charge is 0.497 e. The Morgan fingerprint density at radius 2 is 1.76 bits per heavy atom. The number of methoxy groups -OCH3 is 1. The summed E-state index contributed by atoms with van der Waals surface area (Å²) in [7, 11) is 1.56. The van der Waals surface area contributed by atoms with Crippen molar-refractivity contribution in [2.75, 3.05) is 20.2 Å². The Morgan fingerprint density at radius 3 is 2.32 bits per heavy atom. The standard InChI is InChI=1S/C20H27NO4/c1-13(2)11-21(12-14(3)4)19(22)8-15-9-20(23)25-18-10-16(24-5)6-7-17(15)18/h6-7,9-10,13-14H,8,11-12H2,1-5H3.